The van der Waals surface area contributed by atoms with Gasteiger partial charge in [0.2, 0.25) is 5.91 Å². The van der Waals surface area contributed by atoms with Crippen molar-refractivity contribution in [3.63, 3.8) is 0 Å². The van der Waals surface area contributed by atoms with Crippen molar-refractivity contribution >= 4 is 44.1 Å². The zero-order chi connectivity index (χ0) is 15.3. The van der Waals surface area contributed by atoms with E-state index in [9.17, 15) is 13.2 Å². The third-order valence-corrected chi connectivity index (χ3v) is 5.79. The van der Waals surface area contributed by atoms with Crippen molar-refractivity contribution in [3.8, 4) is 0 Å². The topological polar surface area (TPSA) is 66.5 Å². The zero-order valence-corrected chi connectivity index (χ0v) is 15.3. The van der Waals surface area contributed by atoms with Gasteiger partial charge in [-0.25, -0.2) is 8.42 Å². The molecule has 0 spiro atoms. The van der Waals surface area contributed by atoms with Crippen LogP contribution >= 0.6 is 28.3 Å². The number of benzene rings is 1. The maximum absolute atomic E-state index is 12.2. The molecule has 0 atom stereocenters. The van der Waals surface area contributed by atoms with Gasteiger partial charge in [-0.15, -0.1) is 12.4 Å². The van der Waals surface area contributed by atoms with Gasteiger partial charge in [-0.2, -0.15) is 0 Å². The number of halogens is 2. The number of nitrogens with one attached hydrogen (secondary N) is 1. The van der Waals surface area contributed by atoms with E-state index in [1.165, 1.54) is 0 Å². The maximum Gasteiger partial charge on any atom is 0.222 e. The van der Waals surface area contributed by atoms with E-state index < -0.39 is 9.84 Å². The summed E-state index contributed by atoms with van der Waals surface area (Å²) in [5.41, 5.74) is 0. The molecule has 0 aromatic heterocycles. The summed E-state index contributed by atoms with van der Waals surface area (Å²) in [4.78, 5) is 14.1. The number of carbonyl (C=O) groups excluding carboxylic acids is 1. The van der Waals surface area contributed by atoms with Crippen LogP contribution in [0.25, 0.3) is 0 Å². The average Bonchev–Trinajstić information content (AvgIpc) is 2.48. The molecule has 1 amide bonds. The van der Waals surface area contributed by atoms with Crippen molar-refractivity contribution in [3.05, 3.63) is 28.7 Å². The molecule has 1 aliphatic heterocycles. The Kier molecular flexibility index (Phi) is 7.82. The molecule has 0 aliphatic carbocycles. The Bertz CT molecular complexity index is 587. The maximum atomic E-state index is 12.2. The molecule has 1 saturated heterocycles. The highest BCUT2D eigenvalue weighted by atomic mass is 79.9. The number of hydrogen-bond acceptors (Lipinski definition) is 4. The van der Waals surface area contributed by atoms with Gasteiger partial charge in [0.25, 0.3) is 0 Å². The molecule has 8 heteroatoms. The number of sulfone groups is 1. The summed E-state index contributed by atoms with van der Waals surface area (Å²) in [5.74, 6) is 0.0504. The first-order valence-corrected chi connectivity index (χ1v) is 9.40. The molecular formula is C14H20BrClN2O3S. The van der Waals surface area contributed by atoms with Gasteiger partial charge >= 0.3 is 0 Å². The molecule has 1 heterocycles. The summed E-state index contributed by atoms with van der Waals surface area (Å²) < 4.78 is 25.1. The minimum absolute atomic E-state index is 0. The van der Waals surface area contributed by atoms with E-state index in [0.717, 1.165) is 17.6 Å². The predicted molar refractivity (Wildman–Crippen MR) is 92.1 cm³/mol. The first-order valence-electron chi connectivity index (χ1n) is 6.96. The molecule has 1 aliphatic rings. The Hall–Kier alpha value is -0.630. The summed E-state index contributed by atoms with van der Waals surface area (Å²) in [6.07, 6.45) is 0.650. The molecule has 1 aromatic rings. The molecular weight excluding hydrogens is 392 g/mol. The van der Waals surface area contributed by atoms with Crippen LogP contribution in [0.15, 0.2) is 33.6 Å². The third-order valence-electron chi connectivity index (χ3n) is 3.45. The molecule has 1 fully saturated rings. The van der Waals surface area contributed by atoms with E-state index in [1.807, 2.05) is 0 Å². The van der Waals surface area contributed by atoms with Crippen molar-refractivity contribution in [2.24, 2.45) is 0 Å². The van der Waals surface area contributed by atoms with Gasteiger partial charge in [0.05, 0.1) is 10.6 Å². The molecule has 1 aromatic carbocycles. The second-order valence-electron chi connectivity index (χ2n) is 5.01. The molecule has 0 saturated carbocycles. The lowest BCUT2D eigenvalue weighted by atomic mass is 10.2. The lowest BCUT2D eigenvalue weighted by molar-refractivity contribution is -0.131. The van der Waals surface area contributed by atoms with Crippen molar-refractivity contribution in [2.75, 3.05) is 31.9 Å². The first kappa shape index (κ1) is 19.4. The fraction of sp³-hybridized carbons (Fsp3) is 0.500. The minimum Gasteiger partial charge on any atom is -0.340 e. The highest BCUT2D eigenvalue weighted by molar-refractivity contribution is 9.10. The molecule has 1 N–H and O–H groups in total. The lowest BCUT2D eigenvalue weighted by Crippen LogP contribution is -2.46. The Morgan fingerprint density at radius 2 is 1.77 bits per heavy atom. The fourth-order valence-electron chi connectivity index (χ4n) is 2.25. The van der Waals surface area contributed by atoms with Crippen LogP contribution in [0.4, 0.5) is 0 Å². The molecule has 0 bridgehead atoms. The van der Waals surface area contributed by atoms with Gasteiger partial charge in [0.15, 0.2) is 9.84 Å². The standard InChI is InChI=1S/C14H19BrN2O3S.ClH/c15-12-3-5-13(6-4-12)21(19,20)11-1-2-14(18)17-9-7-16-8-10-17;/h3-6,16H,1-2,7-11H2;1H. The van der Waals surface area contributed by atoms with E-state index >= 15 is 0 Å². The monoisotopic (exact) mass is 410 g/mol. The van der Waals surface area contributed by atoms with Crippen LogP contribution in [0, 0.1) is 0 Å². The van der Waals surface area contributed by atoms with Gasteiger partial charge in [-0.3, -0.25) is 4.79 Å². The molecule has 2 rings (SSSR count). The summed E-state index contributed by atoms with van der Waals surface area (Å²) in [7, 11) is -3.31. The summed E-state index contributed by atoms with van der Waals surface area (Å²) >= 11 is 3.28. The molecule has 5 nitrogen and oxygen atoms in total. The number of hydrogen-bond donors (Lipinski definition) is 1. The number of nitrogens with zero attached hydrogens (tertiary/aromatic N) is 1. The SMILES string of the molecule is Cl.O=C(CCCS(=O)(=O)c1ccc(Br)cc1)N1CCNCC1. The van der Waals surface area contributed by atoms with Crippen molar-refractivity contribution in [1.82, 2.24) is 10.2 Å². The van der Waals surface area contributed by atoms with Gasteiger partial charge in [-0.05, 0) is 30.7 Å². The number of amides is 1. The van der Waals surface area contributed by atoms with Crippen molar-refractivity contribution in [1.29, 1.82) is 0 Å². The predicted octanol–water partition coefficient (Wildman–Crippen LogP) is 1.86. The largest absolute Gasteiger partial charge is 0.340 e. The van der Waals surface area contributed by atoms with E-state index in [4.69, 9.17) is 0 Å². The van der Waals surface area contributed by atoms with Gasteiger partial charge < -0.3 is 10.2 Å². The summed E-state index contributed by atoms with van der Waals surface area (Å²) in [6, 6.07) is 6.58. The van der Waals surface area contributed by atoms with Crippen LogP contribution in [0.2, 0.25) is 0 Å². The van der Waals surface area contributed by atoms with Crippen LogP contribution in [0.3, 0.4) is 0 Å². The first-order chi connectivity index (χ1) is 9.99. The summed E-state index contributed by atoms with van der Waals surface area (Å²) in [6.45, 7) is 3.03. The highest BCUT2D eigenvalue weighted by Crippen LogP contribution is 2.17. The van der Waals surface area contributed by atoms with Gasteiger partial charge in [0.1, 0.15) is 0 Å². The molecule has 124 valence electrons. The summed E-state index contributed by atoms with van der Waals surface area (Å²) in [5, 5.41) is 3.18. The Morgan fingerprint density at radius 3 is 2.36 bits per heavy atom. The molecule has 0 radical (unpaired) electrons. The number of piperazine rings is 1. The molecule has 22 heavy (non-hydrogen) atoms. The Labute approximate surface area is 145 Å². The van der Waals surface area contributed by atoms with Crippen LogP contribution in [0.5, 0.6) is 0 Å². The Morgan fingerprint density at radius 1 is 1.18 bits per heavy atom. The second-order valence-corrected chi connectivity index (χ2v) is 8.03. The van der Waals surface area contributed by atoms with E-state index in [2.05, 4.69) is 21.2 Å². The quantitative estimate of drug-likeness (QED) is 0.803. The zero-order valence-electron chi connectivity index (χ0n) is 12.1. The van der Waals surface area contributed by atoms with Crippen LogP contribution < -0.4 is 5.32 Å². The van der Waals surface area contributed by atoms with Crippen LogP contribution in [-0.2, 0) is 14.6 Å². The van der Waals surface area contributed by atoms with Crippen LogP contribution in [0.1, 0.15) is 12.8 Å². The lowest BCUT2D eigenvalue weighted by Gasteiger charge is -2.27. The number of carbonyl (C=O) groups is 1. The Balaban J connectivity index is 0.00000242. The average molecular weight is 412 g/mol. The van der Waals surface area contributed by atoms with E-state index in [0.29, 0.717) is 24.4 Å². The fourth-order valence-corrected chi connectivity index (χ4v) is 3.82. The number of rotatable bonds is 5. The highest BCUT2D eigenvalue weighted by Gasteiger charge is 2.18. The van der Waals surface area contributed by atoms with Crippen LogP contribution in [-0.4, -0.2) is 51.2 Å². The van der Waals surface area contributed by atoms with Crippen molar-refractivity contribution in [2.45, 2.75) is 17.7 Å². The third kappa shape index (κ3) is 5.53. The minimum atomic E-state index is -3.31. The smallest absolute Gasteiger partial charge is 0.222 e. The van der Waals surface area contributed by atoms with E-state index in [-0.39, 0.29) is 30.5 Å². The van der Waals surface area contributed by atoms with Gasteiger partial charge in [0, 0.05) is 37.1 Å². The second kappa shape index (κ2) is 8.86. The van der Waals surface area contributed by atoms with Gasteiger partial charge in [-0.1, -0.05) is 15.9 Å². The normalized spacial score (nSPS) is 15.2. The van der Waals surface area contributed by atoms with E-state index in [1.54, 1.807) is 29.2 Å². The molecule has 0 unspecified atom stereocenters. The van der Waals surface area contributed by atoms with Crippen molar-refractivity contribution < 1.29 is 13.2 Å².